The topological polar surface area (TPSA) is 167 Å². The number of benzene rings is 2. The molecule has 2 aliphatic rings. The summed E-state index contributed by atoms with van der Waals surface area (Å²) in [5.74, 6) is -2.19. The van der Waals surface area contributed by atoms with Crippen LogP contribution in [0.1, 0.15) is 34.5 Å². The lowest BCUT2D eigenvalue weighted by Gasteiger charge is -2.43. The van der Waals surface area contributed by atoms with Gasteiger partial charge in [0.2, 0.25) is 11.8 Å². The number of rotatable bonds is 7. The Morgan fingerprint density at radius 2 is 1.71 bits per heavy atom. The lowest BCUT2D eigenvalue weighted by atomic mass is 9.68. The number of aromatic nitrogens is 1. The first kappa shape index (κ1) is 27.6. The molecule has 0 saturated carbocycles. The van der Waals surface area contributed by atoms with E-state index >= 15 is 0 Å². The molecule has 0 aliphatic carbocycles. The van der Waals surface area contributed by atoms with Crippen molar-refractivity contribution in [2.45, 2.75) is 26.4 Å². The van der Waals surface area contributed by atoms with Crippen molar-refractivity contribution in [1.82, 2.24) is 25.8 Å². The Labute approximate surface area is 235 Å². The van der Waals surface area contributed by atoms with Crippen LogP contribution in [-0.4, -0.2) is 64.5 Å². The molecule has 0 atom stereocenters. The monoisotopic (exact) mass is 559 g/mol. The number of likely N-dealkylation sites (tertiary alicyclic amines) is 1. The van der Waals surface area contributed by atoms with Gasteiger partial charge in [-0.1, -0.05) is 18.2 Å². The number of para-hydroxylation sites is 1. The van der Waals surface area contributed by atoms with E-state index in [1.807, 2.05) is 37.3 Å². The lowest BCUT2D eigenvalue weighted by Crippen LogP contribution is -2.68. The zero-order valence-corrected chi connectivity index (χ0v) is 22.3. The van der Waals surface area contributed by atoms with Gasteiger partial charge in [-0.05, 0) is 62.1 Å². The summed E-state index contributed by atoms with van der Waals surface area (Å²) in [6, 6.07) is 15.3. The van der Waals surface area contributed by atoms with Crippen LogP contribution < -0.4 is 20.7 Å². The van der Waals surface area contributed by atoms with E-state index in [2.05, 4.69) is 20.9 Å². The van der Waals surface area contributed by atoms with Crippen LogP contribution in [0.15, 0.2) is 54.6 Å². The first-order valence-corrected chi connectivity index (χ1v) is 13.2. The van der Waals surface area contributed by atoms with E-state index in [-0.39, 0.29) is 38.0 Å². The van der Waals surface area contributed by atoms with E-state index in [1.165, 1.54) is 4.90 Å². The third kappa shape index (κ3) is 5.53. The van der Waals surface area contributed by atoms with Gasteiger partial charge in [0, 0.05) is 41.8 Å². The molecular weight excluding hydrogens is 530 g/mol. The van der Waals surface area contributed by atoms with Gasteiger partial charge in [-0.2, -0.15) is 0 Å². The highest BCUT2D eigenvalue weighted by Gasteiger charge is 2.56. The molecular formula is C29H29N5O7. The smallest absolute Gasteiger partial charge is 0.407 e. The molecule has 0 bridgehead atoms. The molecule has 0 radical (unpaired) electrons. The van der Waals surface area contributed by atoms with E-state index in [4.69, 9.17) is 4.74 Å². The molecule has 0 unspecified atom stereocenters. The molecule has 3 heterocycles. The van der Waals surface area contributed by atoms with E-state index in [0.29, 0.717) is 12.4 Å². The van der Waals surface area contributed by atoms with Gasteiger partial charge < -0.3 is 20.1 Å². The van der Waals surface area contributed by atoms with Gasteiger partial charge in [0.1, 0.15) is 17.8 Å². The van der Waals surface area contributed by atoms with Gasteiger partial charge in [0.25, 0.3) is 5.91 Å². The first-order chi connectivity index (χ1) is 19.7. The number of amides is 6. The van der Waals surface area contributed by atoms with Crippen LogP contribution in [0.2, 0.25) is 0 Å². The quantitative estimate of drug-likeness (QED) is 0.321. The molecule has 0 spiro atoms. The summed E-state index contributed by atoms with van der Waals surface area (Å²) in [6.45, 7) is 2.12. The molecule has 2 aliphatic heterocycles. The number of pyridine rings is 1. The number of imide groups is 2. The highest BCUT2D eigenvalue weighted by molar-refractivity contribution is 6.19. The Morgan fingerprint density at radius 3 is 2.37 bits per heavy atom. The molecule has 6 amide bonds. The number of hydrogen-bond acceptors (Lipinski definition) is 7. The minimum atomic E-state index is -1.76. The van der Waals surface area contributed by atoms with Crippen molar-refractivity contribution >= 4 is 40.7 Å². The maximum Gasteiger partial charge on any atom is 0.407 e. The van der Waals surface area contributed by atoms with Crippen molar-refractivity contribution in [3.8, 4) is 5.75 Å². The highest BCUT2D eigenvalue weighted by Crippen LogP contribution is 2.37. The standard InChI is InChI=1S/C29H29N5O7/c1-17-14-19(22-4-2-3-5-23(22)31-17)15-41-21-8-6-18(7-9-21)24(35)30-16-29(25(36)32-27(38)33-26(29)37)20-10-12-34(13-11-20)28(39)40/h2-9,14,20H,10-13,15-16H2,1H3,(H,30,35)(H,39,40)(H2,32,33,36,37,38). The first-order valence-electron chi connectivity index (χ1n) is 13.2. The van der Waals surface area contributed by atoms with E-state index in [9.17, 15) is 29.1 Å². The third-order valence-corrected chi connectivity index (χ3v) is 7.70. The molecule has 2 aromatic carbocycles. The summed E-state index contributed by atoms with van der Waals surface area (Å²) in [5.41, 5.74) is 1.27. The number of piperidine rings is 1. The summed E-state index contributed by atoms with van der Waals surface area (Å²) in [7, 11) is 0. The fourth-order valence-electron chi connectivity index (χ4n) is 5.50. The van der Waals surface area contributed by atoms with Crippen LogP contribution in [0.5, 0.6) is 5.75 Å². The zero-order valence-electron chi connectivity index (χ0n) is 22.3. The van der Waals surface area contributed by atoms with Crippen LogP contribution in [0.4, 0.5) is 9.59 Å². The maximum atomic E-state index is 13.0. The minimum Gasteiger partial charge on any atom is -0.489 e. The molecule has 3 aromatic rings. The minimum absolute atomic E-state index is 0.126. The largest absolute Gasteiger partial charge is 0.489 e. The van der Waals surface area contributed by atoms with Gasteiger partial charge in [0.15, 0.2) is 0 Å². The molecule has 2 saturated heterocycles. The number of ether oxygens (including phenoxy) is 1. The third-order valence-electron chi connectivity index (χ3n) is 7.70. The number of hydrogen-bond donors (Lipinski definition) is 4. The number of nitrogens with one attached hydrogen (secondary N) is 3. The van der Waals surface area contributed by atoms with Crippen LogP contribution in [0.3, 0.4) is 0 Å². The summed E-state index contributed by atoms with van der Waals surface area (Å²) in [6.07, 6.45) is -0.652. The molecule has 4 N–H and O–H groups in total. The van der Waals surface area contributed by atoms with Crippen molar-refractivity contribution in [2.24, 2.45) is 11.3 Å². The summed E-state index contributed by atoms with van der Waals surface area (Å²) < 4.78 is 5.96. The molecule has 41 heavy (non-hydrogen) atoms. The van der Waals surface area contributed by atoms with Gasteiger partial charge in [0.05, 0.1) is 5.52 Å². The summed E-state index contributed by atoms with van der Waals surface area (Å²) >= 11 is 0. The summed E-state index contributed by atoms with van der Waals surface area (Å²) in [5, 5.41) is 17.2. The Kier molecular flexibility index (Phi) is 7.56. The number of carbonyl (C=O) groups excluding carboxylic acids is 4. The maximum absolute atomic E-state index is 13.0. The van der Waals surface area contributed by atoms with Gasteiger partial charge in [-0.3, -0.25) is 30.0 Å². The average Bonchev–Trinajstić information content (AvgIpc) is 2.96. The SMILES string of the molecule is Cc1cc(COc2ccc(C(=O)NCC3(C4CCN(C(=O)O)CC4)C(=O)NC(=O)NC3=O)cc2)c2ccccc2n1. The normalized spacial score (nSPS) is 17.1. The van der Waals surface area contributed by atoms with Gasteiger partial charge in [-0.15, -0.1) is 0 Å². The summed E-state index contributed by atoms with van der Waals surface area (Å²) in [4.78, 5) is 67.9. The number of carboxylic acid groups (broad SMARTS) is 1. The molecule has 12 nitrogen and oxygen atoms in total. The van der Waals surface area contributed by atoms with Crippen molar-refractivity contribution < 1.29 is 33.8 Å². The van der Waals surface area contributed by atoms with Gasteiger partial charge in [-0.25, -0.2) is 9.59 Å². The average molecular weight is 560 g/mol. The van der Waals surface area contributed by atoms with Crippen molar-refractivity contribution in [3.05, 3.63) is 71.4 Å². The second-order valence-electron chi connectivity index (χ2n) is 10.2. The van der Waals surface area contributed by atoms with Gasteiger partial charge >= 0.3 is 12.1 Å². The number of barbiturate groups is 1. The van der Waals surface area contributed by atoms with Crippen molar-refractivity contribution in [3.63, 3.8) is 0 Å². The van der Waals surface area contributed by atoms with Crippen LogP contribution >= 0.6 is 0 Å². The second-order valence-corrected chi connectivity index (χ2v) is 10.2. The van der Waals surface area contributed by atoms with E-state index in [0.717, 1.165) is 22.2 Å². The highest BCUT2D eigenvalue weighted by atomic mass is 16.5. The molecule has 212 valence electrons. The number of urea groups is 1. The van der Waals surface area contributed by atoms with E-state index in [1.54, 1.807) is 24.3 Å². The zero-order chi connectivity index (χ0) is 29.1. The van der Waals surface area contributed by atoms with Crippen LogP contribution in [-0.2, 0) is 16.2 Å². The van der Waals surface area contributed by atoms with Crippen molar-refractivity contribution in [1.29, 1.82) is 0 Å². The van der Waals surface area contributed by atoms with E-state index < -0.39 is 41.2 Å². The predicted octanol–water partition coefficient (Wildman–Crippen LogP) is 2.59. The van der Waals surface area contributed by atoms with Crippen LogP contribution in [0.25, 0.3) is 10.9 Å². The fraction of sp³-hybridized carbons (Fsp3) is 0.310. The second kappa shape index (κ2) is 11.2. The Balaban J connectivity index is 1.26. The predicted molar refractivity (Wildman–Crippen MR) is 146 cm³/mol. The lowest BCUT2D eigenvalue weighted by molar-refractivity contribution is -0.149. The molecule has 5 rings (SSSR count). The van der Waals surface area contributed by atoms with Crippen molar-refractivity contribution in [2.75, 3.05) is 19.6 Å². The number of carbonyl (C=O) groups is 5. The fourth-order valence-corrected chi connectivity index (χ4v) is 5.50. The van der Waals surface area contributed by atoms with Crippen LogP contribution in [0, 0.1) is 18.3 Å². The molecule has 12 heteroatoms. The Morgan fingerprint density at radius 1 is 1.05 bits per heavy atom. The molecule has 2 fully saturated rings. The molecule has 1 aromatic heterocycles. The number of nitrogens with zero attached hydrogens (tertiary/aromatic N) is 2. The Hall–Kier alpha value is -5.00. The Bertz CT molecular complexity index is 1510. The number of fused-ring (bicyclic) bond motifs is 1. The number of aryl methyl sites for hydroxylation is 1.